The molecule has 100 valence electrons. The number of urea groups is 1. The Balaban J connectivity index is 5.12. The van der Waals surface area contributed by atoms with Crippen LogP contribution in [0.4, 0.5) is 4.79 Å². The Bertz CT molecular complexity index is 413. The summed E-state index contributed by atoms with van der Waals surface area (Å²) in [6.45, 7) is 4.48. The Morgan fingerprint density at radius 2 is 2.06 bits per heavy atom. The number of hydrogen-bond acceptors (Lipinski definition) is 6. The molecule has 0 aromatic heterocycles. The molecule has 0 aliphatic carbocycles. The van der Waals surface area contributed by atoms with Gasteiger partial charge in [-0.1, -0.05) is 0 Å². The second kappa shape index (κ2) is 6.99. The summed E-state index contributed by atoms with van der Waals surface area (Å²) in [6, 6.07) is -0.952. The van der Waals surface area contributed by atoms with Crippen LogP contribution in [0.15, 0.2) is 16.9 Å². The molecule has 0 fully saturated rings. The van der Waals surface area contributed by atoms with E-state index >= 15 is 0 Å². The van der Waals surface area contributed by atoms with Gasteiger partial charge in [-0.25, -0.2) is 15.0 Å². The van der Waals surface area contributed by atoms with Crippen LogP contribution in [0.1, 0.15) is 20.8 Å². The van der Waals surface area contributed by atoms with Crippen LogP contribution in [0.25, 0.3) is 0 Å². The average molecular weight is 258 g/mol. The van der Waals surface area contributed by atoms with Crippen molar-refractivity contribution >= 4 is 17.7 Å². The molecular formula is C9H14N4O5. The van der Waals surface area contributed by atoms with E-state index in [1.54, 1.807) is 13.8 Å². The first-order valence-electron chi connectivity index (χ1n) is 4.90. The molecule has 0 bridgehead atoms. The van der Waals surface area contributed by atoms with Crippen molar-refractivity contribution in [1.82, 2.24) is 5.43 Å². The quantitative estimate of drug-likeness (QED) is 0.237. The van der Waals surface area contributed by atoms with Crippen LogP contribution in [-0.4, -0.2) is 28.7 Å². The number of nitrogens with two attached hydrogens (primary N) is 1. The number of hydrazone groups is 1. The lowest BCUT2D eigenvalue weighted by Gasteiger charge is -2.08. The van der Waals surface area contributed by atoms with Crippen molar-refractivity contribution in [2.75, 3.05) is 0 Å². The topological polar surface area (TPSA) is 137 Å². The van der Waals surface area contributed by atoms with Crippen LogP contribution in [0, 0.1) is 10.1 Å². The van der Waals surface area contributed by atoms with E-state index in [1.807, 2.05) is 5.43 Å². The zero-order valence-corrected chi connectivity index (χ0v) is 10.2. The van der Waals surface area contributed by atoms with E-state index in [1.165, 1.54) is 6.92 Å². The third-order valence-corrected chi connectivity index (χ3v) is 1.52. The molecule has 9 heteroatoms. The van der Waals surface area contributed by atoms with Crippen molar-refractivity contribution in [3.05, 3.63) is 21.9 Å². The van der Waals surface area contributed by atoms with Gasteiger partial charge in [-0.15, -0.1) is 0 Å². The lowest BCUT2D eigenvalue weighted by Crippen LogP contribution is -2.27. The van der Waals surface area contributed by atoms with Gasteiger partial charge in [0.05, 0.1) is 16.7 Å². The number of nitrogens with one attached hydrogen (secondary N) is 1. The maximum atomic E-state index is 11.6. The first-order valence-corrected chi connectivity index (χ1v) is 4.90. The molecule has 0 aliphatic heterocycles. The fourth-order valence-corrected chi connectivity index (χ4v) is 0.876. The van der Waals surface area contributed by atoms with E-state index in [0.717, 1.165) is 0 Å². The van der Waals surface area contributed by atoms with Crippen molar-refractivity contribution in [1.29, 1.82) is 0 Å². The summed E-state index contributed by atoms with van der Waals surface area (Å²) in [5.74, 6) is -0.908. The highest BCUT2D eigenvalue weighted by Gasteiger charge is 2.20. The number of hydrogen-bond donors (Lipinski definition) is 2. The predicted molar refractivity (Wildman–Crippen MR) is 62.1 cm³/mol. The fraction of sp³-hybridized carbons (Fsp3) is 0.444. The van der Waals surface area contributed by atoms with Crippen LogP contribution in [0.5, 0.6) is 0 Å². The predicted octanol–water partition coefficient (Wildman–Crippen LogP) is 0.143. The van der Waals surface area contributed by atoms with Crippen LogP contribution < -0.4 is 11.2 Å². The number of carbonyl (C=O) groups is 2. The highest BCUT2D eigenvalue weighted by atomic mass is 16.6. The van der Waals surface area contributed by atoms with Gasteiger partial charge in [-0.2, -0.15) is 5.10 Å². The molecule has 0 spiro atoms. The Morgan fingerprint density at radius 3 is 2.44 bits per heavy atom. The number of ether oxygens (including phenoxy) is 1. The van der Waals surface area contributed by atoms with Crippen LogP contribution >= 0.6 is 0 Å². The van der Waals surface area contributed by atoms with E-state index in [9.17, 15) is 19.7 Å². The molecule has 3 N–H and O–H groups in total. The molecule has 0 saturated carbocycles. The summed E-state index contributed by atoms with van der Waals surface area (Å²) in [6.07, 6.45) is 0.0104. The van der Waals surface area contributed by atoms with Gasteiger partial charge in [0.2, 0.25) is 0 Å². The minimum Gasteiger partial charge on any atom is -0.459 e. The van der Waals surface area contributed by atoms with Gasteiger partial charge in [0.1, 0.15) is 0 Å². The van der Waals surface area contributed by atoms with Gasteiger partial charge in [0, 0.05) is 0 Å². The zero-order chi connectivity index (χ0) is 14.3. The minimum atomic E-state index is -0.952. The monoisotopic (exact) mass is 258 g/mol. The van der Waals surface area contributed by atoms with Gasteiger partial charge < -0.3 is 10.5 Å². The molecule has 0 aromatic rings. The van der Waals surface area contributed by atoms with Crippen molar-refractivity contribution in [2.45, 2.75) is 26.9 Å². The summed E-state index contributed by atoms with van der Waals surface area (Å²) in [5.41, 5.74) is 6.18. The Kier molecular flexibility index (Phi) is 6.04. The van der Waals surface area contributed by atoms with E-state index in [2.05, 4.69) is 5.10 Å². The minimum absolute atomic E-state index is 0.0869. The molecule has 18 heavy (non-hydrogen) atoms. The molecule has 0 rings (SSSR count). The molecule has 2 amide bonds. The fourth-order valence-electron chi connectivity index (χ4n) is 0.876. The smallest absolute Gasteiger partial charge is 0.346 e. The highest BCUT2D eigenvalue weighted by molar-refractivity contribution is 6.18. The molecule has 9 nitrogen and oxygen atoms in total. The number of nitro groups is 1. The van der Waals surface area contributed by atoms with Crippen LogP contribution in [-0.2, 0) is 9.53 Å². The number of esters is 1. The number of carbonyl (C=O) groups excluding carboxylic acids is 2. The van der Waals surface area contributed by atoms with Crippen molar-refractivity contribution in [2.24, 2.45) is 10.8 Å². The third kappa shape index (κ3) is 6.20. The maximum Gasteiger partial charge on any atom is 0.346 e. The summed E-state index contributed by atoms with van der Waals surface area (Å²) >= 11 is 0. The van der Waals surface area contributed by atoms with Gasteiger partial charge in [0.25, 0.3) is 6.20 Å². The normalized spacial score (nSPS) is 12.2. The van der Waals surface area contributed by atoms with Crippen molar-refractivity contribution < 1.29 is 19.2 Å². The molecule has 0 saturated heterocycles. The lowest BCUT2D eigenvalue weighted by molar-refractivity contribution is -0.402. The second-order valence-corrected chi connectivity index (χ2v) is 3.46. The SMILES string of the molecule is CC(=N\NC(N)=O)/C(=C\[N+](=O)[O-])C(=O)OC(C)C. The molecule has 0 aliphatic rings. The Labute approximate surface area is 103 Å². The standard InChI is InChI=1S/C9H14N4O5/c1-5(2)18-8(14)7(4-13(16)17)6(3)11-12-9(10)15/h4-5H,1-3H3,(H3,10,12,15)/b7-4+,11-6+. The molecule has 0 radical (unpaired) electrons. The summed E-state index contributed by atoms with van der Waals surface area (Å²) in [4.78, 5) is 31.6. The van der Waals surface area contributed by atoms with E-state index in [-0.39, 0.29) is 11.3 Å². The first kappa shape index (κ1) is 15.6. The van der Waals surface area contributed by atoms with E-state index < -0.39 is 23.0 Å². The maximum absolute atomic E-state index is 11.6. The average Bonchev–Trinajstić information content (AvgIpc) is 2.21. The summed E-state index contributed by atoms with van der Waals surface area (Å²) in [5, 5.41) is 13.8. The highest BCUT2D eigenvalue weighted by Crippen LogP contribution is 2.04. The number of amides is 2. The largest absolute Gasteiger partial charge is 0.459 e. The number of nitrogens with zero attached hydrogens (tertiary/aromatic N) is 2. The molecule has 0 aromatic carbocycles. The third-order valence-electron chi connectivity index (χ3n) is 1.52. The Hall–Kier alpha value is -2.45. The van der Waals surface area contributed by atoms with E-state index in [0.29, 0.717) is 6.20 Å². The van der Waals surface area contributed by atoms with E-state index in [4.69, 9.17) is 10.5 Å². The van der Waals surface area contributed by atoms with Crippen molar-refractivity contribution in [3.63, 3.8) is 0 Å². The summed E-state index contributed by atoms with van der Waals surface area (Å²) < 4.78 is 4.80. The second-order valence-electron chi connectivity index (χ2n) is 3.46. The number of primary amides is 1. The van der Waals surface area contributed by atoms with Gasteiger partial charge in [-0.05, 0) is 20.8 Å². The van der Waals surface area contributed by atoms with Crippen LogP contribution in [0.3, 0.4) is 0 Å². The summed E-state index contributed by atoms with van der Waals surface area (Å²) in [7, 11) is 0. The Morgan fingerprint density at radius 1 is 1.50 bits per heavy atom. The molecule has 0 unspecified atom stereocenters. The molecule has 0 atom stereocenters. The molecular weight excluding hydrogens is 244 g/mol. The zero-order valence-electron chi connectivity index (χ0n) is 10.2. The number of rotatable bonds is 5. The lowest BCUT2D eigenvalue weighted by atomic mass is 10.2. The van der Waals surface area contributed by atoms with Crippen LogP contribution in [0.2, 0.25) is 0 Å². The van der Waals surface area contributed by atoms with Gasteiger partial charge >= 0.3 is 12.0 Å². The molecule has 0 heterocycles. The van der Waals surface area contributed by atoms with Gasteiger partial charge in [-0.3, -0.25) is 10.1 Å². The first-order chi connectivity index (χ1) is 8.23. The van der Waals surface area contributed by atoms with Gasteiger partial charge in [0.15, 0.2) is 5.57 Å². The van der Waals surface area contributed by atoms with Crippen molar-refractivity contribution in [3.8, 4) is 0 Å².